The highest BCUT2D eigenvalue weighted by atomic mass is 32.1. The molecule has 0 unspecified atom stereocenters. The molecule has 0 aliphatic carbocycles. The minimum atomic E-state index is -0.183. The van der Waals surface area contributed by atoms with E-state index >= 15 is 0 Å². The molecule has 0 saturated carbocycles. The molecule has 8 heteroatoms. The van der Waals surface area contributed by atoms with Gasteiger partial charge < -0.3 is 11.1 Å². The molecule has 3 aromatic heterocycles. The van der Waals surface area contributed by atoms with Gasteiger partial charge in [-0.1, -0.05) is 18.2 Å². The third-order valence-corrected chi connectivity index (χ3v) is 4.64. The largest absolute Gasteiger partial charge is 0.375 e. The standard InChI is InChI=1S/C18H16N6OS/c19-18-23-13(10-26-18)6-7-20-17(25)12-8-15-16(21-9-12)24(11-22-15)14-4-2-1-3-5-14/h1-5,8-11H,6-7H2,(H2,19,23)(H,20,25). The smallest absolute Gasteiger partial charge is 0.252 e. The Hall–Kier alpha value is -3.26. The first-order valence-corrected chi connectivity index (χ1v) is 8.95. The lowest BCUT2D eigenvalue weighted by atomic mass is 10.2. The lowest BCUT2D eigenvalue weighted by Gasteiger charge is -2.05. The van der Waals surface area contributed by atoms with Gasteiger partial charge in [-0.2, -0.15) is 0 Å². The number of carbonyl (C=O) groups is 1. The normalized spacial score (nSPS) is 10.9. The summed E-state index contributed by atoms with van der Waals surface area (Å²) in [5, 5.41) is 5.30. The van der Waals surface area contributed by atoms with Gasteiger partial charge in [-0.05, 0) is 18.2 Å². The summed E-state index contributed by atoms with van der Waals surface area (Å²) in [6.07, 6.45) is 3.92. The number of amides is 1. The number of para-hydroxylation sites is 1. The van der Waals surface area contributed by atoms with Crippen LogP contribution in [0, 0.1) is 0 Å². The number of anilines is 1. The van der Waals surface area contributed by atoms with Gasteiger partial charge in [0.2, 0.25) is 0 Å². The molecule has 1 aromatic carbocycles. The van der Waals surface area contributed by atoms with Crippen molar-refractivity contribution in [3.63, 3.8) is 0 Å². The van der Waals surface area contributed by atoms with E-state index in [9.17, 15) is 4.79 Å². The van der Waals surface area contributed by atoms with Crippen LogP contribution in [0.5, 0.6) is 0 Å². The van der Waals surface area contributed by atoms with Gasteiger partial charge in [0.05, 0.1) is 11.3 Å². The number of hydrogen-bond donors (Lipinski definition) is 2. The highest BCUT2D eigenvalue weighted by Gasteiger charge is 2.11. The lowest BCUT2D eigenvalue weighted by molar-refractivity contribution is 0.0954. The first kappa shape index (κ1) is 16.2. The number of pyridine rings is 1. The molecule has 0 saturated heterocycles. The summed E-state index contributed by atoms with van der Waals surface area (Å²) in [5.74, 6) is -0.183. The third-order valence-electron chi connectivity index (χ3n) is 3.92. The summed E-state index contributed by atoms with van der Waals surface area (Å²) in [6.45, 7) is 0.485. The summed E-state index contributed by atoms with van der Waals surface area (Å²) < 4.78 is 1.89. The number of hydrogen-bond acceptors (Lipinski definition) is 6. The topological polar surface area (TPSA) is 98.7 Å². The fourth-order valence-electron chi connectivity index (χ4n) is 2.65. The summed E-state index contributed by atoms with van der Waals surface area (Å²) in [7, 11) is 0. The Balaban J connectivity index is 1.48. The van der Waals surface area contributed by atoms with Crippen LogP contribution in [0.3, 0.4) is 0 Å². The number of nitrogen functional groups attached to an aromatic ring is 1. The van der Waals surface area contributed by atoms with Crippen molar-refractivity contribution >= 4 is 33.5 Å². The number of aromatic nitrogens is 4. The molecule has 0 bridgehead atoms. The molecular weight excluding hydrogens is 348 g/mol. The van der Waals surface area contributed by atoms with E-state index in [1.807, 2.05) is 40.3 Å². The molecule has 0 atom stereocenters. The van der Waals surface area contributed by atoms with E-state index in [4.69, 9.17) is 5.73 Å². The van der Waals surface area contributed by atoms with Gasteiger partial charge in [-0.15, -0.1) is 11.3 Å². The quantitative estimate of drug-likeness (QED) is 0.567. The minimum Gasteiger partial charge on any atom is -0.375 e. The maximum absolute atomic E-state index is 12.3. The van der Waals surface area contributed by atoms with Gasteiger partial charge in [0.25, 0.3) is 5.91 Å². The van der Waals surface area contributed by atoms with E-state index in [2.05, 4.69) is 20.3 Å². The van der Waals surface area contributed by atoms with Gasteiger partial charge in [0, 0.05) is 30.2 Å². The fraction of sp³-hybridized carbons (Fsp3) is 0.111. The number of imidazole rings is 1. The molecule has 0 aliphatic rings. The van der Waals surface area contributed by atoms with Crippen LogP contribution in [-0.2, 0) is 6.42 Å². The van der Waals surface area contributed by atoms with Crippen molar-refractivity contribution in [1.82, 2.24) is 24.8 Å². The molecule has 130 valence electrons. The van der Waals surface area contributed by atoms with E-state index in [1.165, 1.54) is 11.3 Å². The minimum absolute atomic E-state index is 0.183. The molecule has 26 heavy (non-hydrogen) atoms. The van der Waals surface area contributed by atoms with E-state index in [0.29, 0.717) is 34.8 Å². The Morgan fingerprint density at radius 3 is 2.85 bits per heavy atom. The Labute approximate surface area is 153 Å². The zero-order chi connectivity index (χ0) is 17.9. The molecule has 7 nitrogen and oxygen atoms in total. The van der Waals surface area contributed by atoms with E-state index in [-0.39, 0.29) is 5.91 Å². The summed E-state index contributed by atoms with van der Waals surface area (Å²) in [4.78, 5) is 25.3. The maximum Gasteiger partial charge on any atom is 0.252 e. The summed E-state index contributed by atoms with van der Waals surface area (Å²) >= 11 is 1.39. The van der Waals surface area contributed by atoms with Crippen LogP contribution in [0.2, 0.25) is 0 Å². The SMILES string of the molecule is Nc1nc(CCNC(=O)c2cnc3c(c2)ncn3-c2ccccc2)cs1. The molecule has 3 N–H and O–H groups in total. The number of nitrogens with zero attached hydrogens (tertiary/aromatic N) is 4. The molecule has 4 aromatic rings. The predicted octanol–water partition coefficient (Wildman–Crippen LogP) is 2.43. The van der Waals surface area contributed by atoms with E-state index < -0.39 is 0 Å². The van der Waals surface area contributed by atoms with E-state index in [0.717, 1.165) is 11.4 Å². The zero-order valence-corrected chi connectivity index (χ0v) is 14.6. The molecule has 0 radical (unpaired) electrons. The average molecular weight is 364 g/mol. The number of rotatable bonds is 5. The Morgan fingerprint density at radius 1 is 1.23 bits per heavy atom. The van der Waals surface area contributed by atoms with Gasteiger partial charge in [-0.3, -0.25) is 9.36 Å². The molecule has 0 aliphatic heterocycles. The second kappa shape index (κ2) is 6.93. The van der Waals surface area contributed by atoms with E-state index in [1.54, 1.807) is 18.6 Å². The average Bonchev–Trinajstić information content (AvgIpc) is 3.28. The Morgan fingerprint density at radius 2 is 2.08 bits per heavy atom. The summed E-state index contributed by atoms with van der Waals surface area (Å²) in [6, 6.07) is 11.6. The first-order valence-electron chi connectivity index (χ1n) is 8.07. The van der Waals surface area contributed by atoms with Gasteiger partial charge in [0.15, 0.2) is 10.8 Å². The number of thiazole rings is 1. The van der Waals surface area contributed by atoms with Crippen LogP contribution in [0.25, 0.3) is 16.9 Å². The molecule has 0 fully saturated rings. The predicted molar refractivity (Wildman–Crippen MR) is 101 cm³/mol. The zero-order valence-electron chi connectivity index (χ0n) is 13.8. The summed E-state index contributed by atoms with van der Waals surface area (Å²) in [5.41, 5.74) is 9.32. The van der Waals surface area contributed by atoms with Crippen molar-refractivity contribution in [2.24, 2.45) is 0 Å². The number of benzene rings is 1. The fourth-order valence-corrected chi connectivity index (χ4v) is 3.24. The molecule has 4 rings (SSSR count). The number of carbonyl (C=O) groups excluding carboxylic acids is 1. The van der Waals surface area contributed by atoms with Gasteiger partial charge in [0.1, 0.15) is 11.8 Å². The van der Waals surface area contributed by atoms with Crippen molar-refractivity contribution in [2.75, 3.05) is 12.3 Å². The van der Waals surface area contributed by atoms with Crippen LogP contribution >= 0.6 is 11.3 Å². The van der Waals surface area contributed by atoms with Crippen molar-refractivity contribution in [3.05, 3.63) is 65.6 Å². The van der Waals surface area contributed by atoms with Crippen LogP contribution < -0.4 is 11.1 Å². The Kier molecular flexibility index (Phi) is 4.32. The lowest BCUT2D eigenvalue weighted by Crippen LogP contribution is -2.25. The highest BCUT2D eigenvalue weighted by Crippen LogP contribution is 2.17. The second-order valence-corrected chi connectivity index (χ2v) is 6.59. The second-order valence-electron chi connectivity index (χ2n) is 5.70. The first-order chi connectivity index (χ1) is 12.7. The van der Waals surface area contributed by atoms with Crippen molar-refractivity contribution < 1.29 is 4.79 Å². The maximum atomic E-state index is 12.3. The number of fused-ring (bicyclic) bond motifs is 1. The van der Waals surface area contributed by atoms with Gasteiger partial charge >= 0.3 is 0 Å². The highest BCUT2D eigenvalue weighted by molar-refractivity contribution is 7.13. The van der Waals surface area contributed by atoms with Crippen LogP contribution in [-0.4, -0.2) is 32.0 Å². The monoisotopic (exact) mass is 364 g/mol. The van der Waals surface area contributed by atoms with Crippen LogP contribution in [0.15, 0.2) is 54.3 Å². The third kappa shape index (κ3) is 3.27. The molecule has 0 spiro atoms. The molecular formula is C18H16N6OS. The van der Waals surface area contributed by atoms with Gasteiger partial charge in [-0.25, -0.2) is 15.0 Å². The van der Waals surface area contributed by atoms with Crippen molar-refractivity contribution in [2.45, 2.75) is 6.42 Å². The van der Waals surface area contributed by atoms with Crippen LogP contribution in [0.4, 0.5) is 5.13 Å². The Bertz CT molecular complexity index is 1060. The number of nitrogens with one attached hydrogen (secondary N) is 1. The van der Waals surface area contributed by atoms with Crippen LogP contribution in [0.1, 0.15) is 16.1 Å². The number of nitrogens with two attached hydrogens (primary N) is 1. The molecule has 1 amide bonds. The molecule has 3 heterocycles. The van der Waals surface area contributed by atoms with Crippen molar-refractivity contribution in [3.8, 4) is 5.69 Å². The van der Waals surface area contributed by atoms with Crippen molar-refractivity contribution in [1.29, 1.82) is 0 Å².